The molecule has 2 aliphatic rings. The standard InChI is InChI=1S/C15H30N2O/c1-12(2)16-15(11-18)9-8-14(10-15)17(3)13-6-4-5-7-13/h12-14,16,18H,4-11H2,1-3H3. The van der Waals surface area contributed by atoms with Gasteiger partial charge in [0.15, 0.2) is 0 Å². The molecule has 18 heavy (non-hydrogen) atoms. The first kappa shape index (κ1) is 14.3. The van der Waals surface area contributed by atoms with Crippen LogP contribution in [0.25, 0.3) is 0 Å². The number of hydrogen-bond donors (Lipinski definition) is 2. The zero-order valence-corrected chi connectivity index (χ0v) is 12.3. The SMILES string of the molecule is CC(C)NC1(CO)CCC(N(C)C2CCCC2)C1. The molecule has 0 aliphatic heterocycles. The summed E-state index contributed by atoms with van der Waals surface area (Å²) in [6, 6.07) is 1.91. The summed E-state index contributed by atoms with van der Waals surface area (Å²) in [5.41, 5.74) is -0.0221. The fourth-order valence-corrected chi connectivity index (χ4v) is 3.99. The van der Waals surface area contributed by atoms with Crippen molar-refractivity contribution < 1.29 is 5.11 Å². The third-order valence-electron chi connectivity index (χ3n) is 4.96. The van der Waals surface area contributed by atoms with Crippen molar-refractivity contribution in [1.29, 1.82) is 0 Å². The summed E-state index contributed by atoms with van der Waals surface area (Å²) in [4.78, 5) is 2.60. The van der Waals surface area contributed by atoms with Crippen molar-refractivity contribution in [2.75, 3.05) is 13.7 Å². The second-order valence-corrected chi connectivity index (χ2v) is 6.74. The second kappa shape index (κ2) is 5.89. The fourth-order valence-electron chi connectivity index (χ4n) is 3.99. The third kappa shape index (κ3) is 3.06. The molecule has 3 heteroatoms. The molecular weight excluding hydrogens is 224 g/mol. The molecule has 0 bridgehead atoms. The third-order valence-corrected chi connectivity index (χ3v) is 4.96. The summed E-state index contributed by atoms with van der Waals surface area (Å²) in [6.07, 6.45) is 8.99. The smallest absolute Gasteiger partial charge is 0.0614 e. The van der Waals surface area contributed by atoms with Gasteiger partial charge in [0.05, 0.1) is 6.61 Å². The van der Waals surface area contributed by atoms with Crippen LogP contribution in [0.2, 0.25) is 0 Å². The molecule has 0 aromatic carbocycles. The predicted molar refractivity (Wildman–Crippen MR) is 75.7 cm³/mol. The Morgan fingerprint density at radius 1 is 1.22 bits per heavy atom. The van der Waals surface area contributed by atoms with Crippen molar-refractivity contribution in [3.05, 3.63) is 0 Å². The summed E-state index contributed by atoms with van der Waals surface area (Å²) in [5, 5.41) is 13.4. The Balaban J connectivity index is 1.93. The highest BCUT2D eigenvalue weighted by Crippen LogP contribution is 2.36. The molecule has 2 saturated carbocycles. The fraction of sp³-hybridized carbons (Fsp3) is 1.00. The quantitative estimate of drug-likeness (QED) is 0.789. The summed E-state index contributed by atoms with van der Waals surface area (Å²) < 4.78 is 0. The van der Waals surface area contributed by atoms with E-state index in [2.05, 4.69) is 31.1 Å². The Labute approximate surface area is 112 Å². The van der Waals surface area contributed by atoms with Crippen LogP contribution in [0.15, 0.2) is 0 Å². The lowest BCUT2D eigenvalue weighted by atomic mass is 9.97. The van der Waals surface area contributed by atoms with Gasteiger partial charge >= 0.3 is 0 Å². The minimum absolute atomic E-state index is 0.0221. The van der Waals surface area contributed by atoms with Gasteiger partial charge in [0.1, 0.15) is 0 Å². The van der Waals surface area contributed by atoms with E-state index in [0.29, 0.717) is 12.1 Å². The van der Waals surface area contributed by atoms with Crippen molar-refractivity contribution in [3.8, 4) is 0 Å². The van der Waals surface area contributed by atoms with Crippen molar-refractivity contribution in [1.82, 2.24) is 10.2 Å². The van der Waals surface area contributed by atoms with E-state index in [1.54, 1.807) is 0 Å². The number of aliphatic hydroxyl groups is 1. The largest absolute Gasteiger partial charge is 0.394 e. The Kier molecular flexibility index (Phi) is 4.68. The molecule has 0 heterocycles. The molecule has 2 aliphatic carbocycles. The van der Waals surface area contributed by atoms with E-state index >= 15 is 0 Å². The molecule has 0 aromatic rings. The average molecular weight is 254 g/mol. The van der Waals surface area contributed by atoms with Gasteiger partial charge in [-0.3, -0.25) is 0 Å². The van der Waals surface area contributed by atoms with Gasteiger partial charge in [-0.1, -0.05) is 26.7 Å². The van der Waals surface area contributed by atoms with E-state index in [1.807, 2.05) is 0 Å². The topological polar surface area (TPSA) is 35.5 Å². The number of nitrogens with zero attached hydrogens (tertiary/aromatic N) is 1. The zero-order chi connectivity index (χ0) is 13.2. The van der Waals surface area contributed by atoms with Gasteiger partial charge in [-0.05, 0) is 39.2 Å². The Hall–Kier alpha value is -0.120. The summed E-state index contributed by atoms with van der Waals surface area (Å²) >= 11 is 0. The second-order valence-electron chi connectivity index (χ2n) is 6.74. The molecule has 0 amide bonds. The maximum absolute atomic E-state index is 9.75. The molecule has 2 unspecified atom stereocenters. The van der Waals surface area contributed by atoms with Crippen LogP contribution in [-0.4, -0.2) is 47.3 Å². The van der Waals surface area contributed by atoms with Crippen LogP contribution in [0.5, 0.6) is 0 Å². The van der Waals surface area contributed by atoms with Crippen molar-refractivity contribution in [2.45, 2.75) is 82.5 Å². The van der Waals surface area contributed by atoms with Gasteiger partial charge in [-0.25, -0.2) is 0 Å². The highest BCUT2D eigenvalue weighted by atomic mass is 16.3. The van der Waals surface area contributed by atoms with E-state index in [-0.39, 0.29) is 12.1 Å². The van der Waals surface area contributed by atoms with Gasteiger partial charge in [-0.2, -0.15) is 0 Å². The molecule has 2 rings (SSSR count). The minimum atomic E-state index is -0.0221. The summed E-state index contributed by atoms with van der Waals surface area (Å²) in [6.45, 7) is 4.62. The lowest BCUT2D eigenvalue weighted by Gasteiger charge is -2.34. The molecule has 0 spiro atoms. The Morgan fingerprint density at radius 3 is 2.44 bits per heavy atom. The molecule has 106 valence electrons. The van der Waals surface area contributed by atoms with Crippen LogP contribution in [0, 0.1) is 0 Å². The summed E-state index contributed by atoms with van der Waals surface area (Å²) in [5.74, 6) is 0. The molecule has 0 aromatic heterocycles. The number of aliphatic hydroxyl groups excluding tert-OH is 1. The average Bonchev–Trinajstić information content (AvgIpc) is 2.96. The van der Waals surface area contributed by atoms with Crippen LogP contribution >= 0.6 is 0 Å². The lowest BCUT2D eigenvalue weighted by Crippen LogP contribution is -2.51. The molecule has 2 atom stereocenters. The molecule has 0 radical (unpaired) electrons. The Morgan fingerprint density at radius 2 is 1.89 bits per heavy atom. The van der Waals surface area contributed by atoms with Crippen LogP contribution in [-0.2, 0) is 0 Å². The van der Waals surface area contributed by atoms with Gasteiger partial charge in [-0.15, -0.1) is 0 Å². The highest BCUT2D eigenvalue weighted by molar-refractivity contribution is 5.00. The van der Waals surface area contributed by atoms with Crippen LogP contribution in [0.3, 0.4) is 0 Å². The monoisotopic (exact) mass is 254 g/mol. The van der Waals surface area contributed by atoms with E-state index in [1.165, 1.54) is 32.1 Å². The molecule has 2 fully saturated rings. The maximum Gasteiger partial charge on any atom is 0.0614 e. The van der Waals surface area contributed by atoms with Crippen LogP contribution < -0.4 is 5.32 Å². The van der Waals surface area contributed by atoms with E-state index < -0.39 is 0 Å². The molecule has 3 nitrogen and oxygen atoms in total. The zero-order valence-electron chi connectivity index (χ0n) is 12.3. The molecular formula is C15H30N2O. The number of hydrogen-bond acceptors (Lipinski definition) is 3. The van der Waals surface area contributed by atoms with Gasteiger partial charge in [0, 0.05) is 23.7 Å². The van der Waals surface area contributed by atoms with Crippen molar-refractivity contribution in [3.63, 3.8) is 0 Å². The van der Waals surface area contributed by atoms with Gasteiger partial charge in [0.25, 0.3) is 0 Å². The minimum Gasteiger partial charge on any atom is -0.394 e. The van der Waals surface area contributed by atoms with E-state index in [9.17, 15) is 5.11 Å². The van der Waals surface area contributed by atoms with E-state index in [0.717, 1.165) is 18.9 Å². The molecule has 0 saturated heterocycles. The van der Waals surface area contributed by atoms with Gasteiger partial charge < -0.3 is 15.3 Å². The highest BCUT2D eigenvalue weighted by Gasteiger charge is 2.41. The lowest BCUT2D eigenvalue weighted by molar-refractivity contribution is 0.129. The first-order chi connectivity index (χ1) is 8.56. The predicted octanol–water partition coefficient (Wildman–Crippen LogP) is 2.14. The normalized spacial score (nSPS) is 34.0. The van der Waals surface area contributed by atoms with E-state index in [4.69, 9.17) is 0 Å². The number of nitrogens with one attached hydrogen (secondary N) is 1. The maximum atomic E-state index is 9.75. The van der Waals surface area contributed by atoms with Gasteiger partial charge in [0.2, 0.25) is 0 Å². The van der Waals surface area contributed by atoms with Crippen molar-refractivity contribution >= 4 is 0 Å². The molecule has 2 N–H and O–H groups in total. The van der Waals surface area contributed by atoms with Crippen LogP contribution in [0.1, 0.15) is 58.8 Å². The Bertz CT molecular complexity index is 263. The van der Waals surface area contributed by atoms with Crippen molar-refractivity contribution in [2.24, 2.45) is 0 Å². The first-order valence-electron chi connectivity index (χ1n) is 7.67. The van der Waals surface area contributed by atoms with Crippen LogP contribution in [0.4, 0.5) is 0 Å². The summed E-state index contributed by atoms with van der Waals surface area (Å²) in [7, 11) is 2.30. The number of rotatable bonds is 5. The first-order valence-corrected chi connectivity index (χ1v) is 7.67.